The number of rotatable bonds is 5. The Hall–Kier alpha value is -4.29. The number of ether oxygens (including phenoxy) is 1. The molecule has 0 saturated carbocycles. The molecule has 1 fully saturated rings. The molecule has 5 rings (SSSR count). The lowest BCUT2D eigenvalue weighted by Gasteiger charge is -2.23. The molecule has 13 heteroatoms. The Morgan fingerprint density at radius 1 is 1.14 bits per heavy atom. The summed E-state index contributed by atoms with van der Waals surface area (Å²) in [5.74, 6) is -1.93. The Labute approximate surface area is 201 Å². The normalized spacial score (nSPS) is 15.9. The van der Waals surface area contributed by atoms with E-state index in [0.29, 0.717) is 12.8 Å². The Morgan fingerprint density at radius 2 is 1.89 bits per heavy atom. The van der Waals surface area contributed by atoms with Gasteiger partial charge in [0.15, 0.2) is 0 Å². The van der Waals surface area contributed by atoms with E-state index in [1.165, 1.54) is 41.6 Å². The van der Waals surface area contributed by atoms with Gasteiger partial charge < -0.3 is 14.2 Å². The molecule has 0 N–H and O–H groups in total. The molecule has 36 heavy (non-hydrogen) atoms. The molecule has 0 unspecified atom stereocenters. The Morgan fingerprint density at radius 3 is 2.64 bits per heavy atom. The van der Waals surface area contributed by atoms with E-state index < -0.39 is 29.9 Å². The molecular formula is C23H18F4N6O3. The first-order valence-electron chi connectivity index (χ1n) is 10.9. The van der Waals surface area contributed by atoms with Gasteiger partial charge in [-0.2, -0.15) is 20.0 Å². The molecule has 1 atom stereocenters. The number of alkyl halides is 3. The topological polar surface area (TPSA) is 99.2 Å². The van der Waals surface area contributed by atoms with Gasteiger partial charge in [-0.15, -0.1) is 13.2 Å². The fraction of sp³-hybridized carbons (Fsp3) is 0.261. The minimum Gasteiger partial charge on any atom is -0.405 e. The van der Waals surface area contributed by atoms with E-state index in [9.17, 15) is 18.0 Å². The van der Waals surface area contributed by atoms with Crippen molar-refractivity contribution in [2.75, 3.05) is 6.54 Å². The summed E-state index contributed by atoms with van der Waals surface area (Å²) in [6.07, 6.45) is -1.08. The van der Waals surface area contributed by atoms with Gasteiger partial charge in [-0.25, -0.2) is 4.39 Å². The lowest BCUT2D eigenvalue weighted by molar-refractivity contribution is -0.274. The molecule has 186 valence electrons. The molecule has 0 bridgehead atoms. The van der Waals surface area contributed by atoms with Crippen LogP contribution in [-0.4, -0.2) is 48.8 Å². The summed E-state index contributed by atoms with van der Waals surface area (Å²) in [5.41, 5.74) is 0.203. The minimum atomic E-state index is -4.91. The molecule has 0 spiro atoms. The maximum atomic E-state index is 15.2. The number of halogens is 4. The molecule has 1 aliphatic rings. The van der Waals surface area contributed by atoms with E-state index >= 15 is 4.39 Å². The minimum absolute atomic E-state index is 0.0180. The highest BCUT2D eigenvalue weighted by Gasteiger charge is 2.38. The number of carbonyl (C=O) groups is 1. The number of aryl methyl sites for hydroxylation is 1. The van der Waals surface area contributed by atoms with Crippen molar-refractivity contribution >= 4 is 5.91 Å². The molecule has 0 radical (unpaired) electrons. The van der Waals surface area contributed by atoms with Crippen LogP contribution in [0.3, 0.4) is 0 Å². The van der Waals surface area contributed by atoms with Crippen LogP contribution >= 0.6 is 0 Å². The van der Waals surface area contributed by atoms with E-state index in [2.05, 4.69) is 25.1 Å². The summed E-state index contributed by atoms with van der Waals surface area (Å²) >= 11 is 0. The number of nitrogens with zero attached hydrogens (tertiary/aromatic N) is 6. The number of amides is 1. The van der Waals surface area contributed by atoms with Crippen LogP contribution in [-0.2, 0) is 0 Å². The molecule has 0 aliphatic carbocycles. The summed E-state index contributed by atoms with van der Waals surface area (Å²) in [4.78, 5) is 20.4. The number of carbonyl (C=O) groups excluding carboxylic acids is 1. The van der Waals surface area contributed by atoms with E-state index in [1.807, 2.05) is 0 Å². The SMILES string of the molecule is Cc1ccc(-n2nccn2)c(C(=O)N2CCC[C@H]2c2nc(-c3ccccc3OC(F)(F)F)no2)c1F. The monoisotopic (exact) mass is 502 g/mol. The molecule has 2 aromatic carbocycles. The third kappa shape index (κ3) is 4.39. The number of aromatic nitrogens is 5. The van der Waals surface area contributed by atoms with E-state index in [-0.39, 0.29) is 40.6 Å². The Kier molecular flexibility index (Phi) is 5.90. The van der Waals surface area contributed by atoms with Crippen molar-refractivity contribution in [3.8, 4) is 22.8 Å². The predicted octanol–water partition coefficient (Wildman–Crippen LogP) is 4.64. The number of para-hydroxylation sites is 1. The average molecular weight is 502 g/mol. The smallest absolute Gasteiger partial charge is 0.405 e. The van der Waals surface area contributed by atoms with Gasteiger partial charge in [0.25, 0.3) is 5.91 Å². The highest BCUT2D eigenvalue weighted by Crippen LogP contribution is 2.37. The number of hydrogen-bond acceptors (Lipinski definition) is 7. The second kappa shape index (κ2) is 9.06. The highest BCUT2D eigenvalue weighted by molar-refractivity contribution is 5.98. The van der Waals surface area contributed by atoms with Crippen molar-refractivity contribution in [2.45, 2.75) is 32.2 Å². The van der Waals surface area contributed by atoms with Crippen molar-refractivity contribution in [2.24, 2.45) is 0 Å². The van der Waals surface area contributed by atoms with E-state index in [1.54, 1.807) is 13.0 Å². The summed E-state index contributed by atoms with van der Waals surface area (Å²) < 4.78 is 63.1. The summed E-state index contributed by atoms with van der Waals surface area (Å²) in [6, 6.07) is 7.76. The van der Waals surface area contributed by atoms with Crippen molar-refractivity contribution < 1.29 is 31.6 Å². The van der Waals surface area contributed by atoms with Crippen LogP contribution in [0.2, 0.25) is 0 Å². The zero-order chi connectivity index (χ0) is 25.4. The Balaban J connectivity index is 1.48. The molecular weight excluding hydrogens is 484 g/mol. The first-order valence-corrected chi connectivity index (χ1v) is 10.9. The lowest BCUT2D eigenvalue weighted by Crippen LogP contribution is -2.32. The summed E-state index contributed by atoms with van der Waals surface area (Å²) in [5, 5.41) is 11.8. The fourth-order valence-electron chi connectivity index (χ4n) is 4.14. The standard InChI is InChI=1S/C23H18F4N6O3/c1-13-8-9-15(33-28-10-11-29-33)18(19(13)24)22(34)32-12-4-6-16(32)21-30-20(31-36-21)14-5-2-3-7-17(14)35-23(25,26)27/h2-3,5,7-11,16H,4,6,12H2,1H3/t16-/m0/s1. The van der Waals surface area contributed by atoms with Crippen LogP contribution in [0.5, 0.6) is 5.75 Å². The largest absolute Gasteiger partial charge is 0.573 e. The van der Waals surface area contributed by atoms with Crippen LogP contribution in [0.1, 0.15) is 40.7 Å². The number of likely N-dealkylation sites (tertiary alicyclic amines) is 1. The summed E-state index contributed by atoms with van der Waals surface area (Å²) in [7, 11) is 0. The average Bonchev–Trinajstić information content (AvgIpc) is 3.60. The van der Waals surface area contributed by atoms with Crippen LogP contribution in [0.25, 0.3) is 17.1 Å². The van der Waals surface area contributed by atoms with Gasteiger partial charge in [0.1, 0.15) is 28.9 Å². The Bertz CT molecular complexity index is 1400. The van der Waals surface area contributed by atoms with Crippen molar-refractivity contribution in [1.82, 2.24) is 30.0 Å². The van der Waals surface area contributed by atoms with Gasteiger partial charge in [-0.3, -0.25) is 4.79 Å². The van der Waals surface area contributed by atoms with Gasteiger partial charge in [0.05, 0.1) is 18.0 Å². The predicted molar refractivity (Wildman–Crippen MR) is 115 cm³/mol. The van der Waals surface area contributed by atoms with Gasteiger partial charge in [0.2, 0.25) is 11.7 Å². The third-order valence-electron chi connectivity index (χ3n) is 5.76. The van der Waals surface area contributed by atoms with Crippen molar-refractivity contribution in [3.63, 3.8) is 0 Å². The van der Waals surface area contributed by atoms with Crippen molar-refractivity contribution in [1.29, 1.82) is 0 Å². The van der Waals surface area contributed by atoms with Crippen LogP contribution in [0, 0.1) is 12.7 Å². The lowest BCUT2D eigenvalue weighted by atomic mass is 10.1. The molecule has 4 aromatic rings. The second-order valence-electron chi connectivity index (χ2n) is 8.07. The molecule has 2 aromatic heterocycles. The molecule has 9 nitrogen and oxygen atoms in total. The zero-order valence-corrected chi connectivity index (χ0v) is 18.7. The second-order valence-corrected chi connectivity index (χ2v) is 8.07. The van der Waals surface area contributed by atoms with Gasteiger partial charge in [-0.05, 0) is 43.5 Å². The first-order chi connectivity index (χ1) is 17.2. The van der Waals surface area contributed by atoms with Gasteiger partial charge in [0, 0.05) is 6.54 Å². The molecule has 3 heterocycles. The zero-order valence-electron chi connectivity index (χ0n) is 18.7. The fourth-order valence-corrected chi connectivity index (χ4v) is 4.14. The van der Waals surface area contributed by atoms with E-state index in [4.69, 9.17) is 4.52 Å². The van der Waals surface area contributed by atoms with Gasteiger partial charge >= 0.3 is 6.36 Å². The highest BCUT2D eigenvalue weighted by atomic mass is 19.4. The molecule has 1 aliphatic heterocycles. The van der Waals surface area contributed by atoms with E-state index in [0.717, 1.165) is 10.9 Å². The number of hydrogen-bond donors (Lipinski definition) is 0. The molecule has 1 saturated heterocycles. The van der Waals surface area contributed by atoms with Crippen LogP contribution < -0.4 is 4.74 Å². The van der Waals surface area contributed by atoms with Crippen LogP contribution in [0.15, 0.2) is 53.3 Å². The third-order valence-corrected chi connectivity index (χ3v) is 5.76. The summed E-state index contributed by atoms with van der Waals surface area (Å²) in [6.45, 7) is 1.83. The first kappa shape index (κ1) is 23.5. The van der Waals surface area contributed by atoms with Crippen LogP contribution in [0.4, 0.5) is 17.6 Å². The number of benzene rings is 2. The quantitative estimate of drug-likeness (QED) is 0.367. The molecule has 1 amide bonds. The maximum Gasteiger partial charge on any atom is 0.573 e. The van der Waals surface area contributed by atoms with Gasteiger partial charge in [-0.1, -0.05) is 23.4 Å². The van der Waals surface area contributed by atoms with Crippen molar-refractivity contribution in [3.05, 3.63) is 71.6 Å². The maximum absolute atomic E-state index is 15.2.